The lowest BCUT2D eigenvalue weighted by molar-refractivity contribution is 0.0782. The van der Waals surface area contributed by atoms with Gasteiger partial charge in [-0.05, 0) is 28.5 Å². The smallest absolute Gasteiger partial charge is 0.257 e. The van der Waals surface area contributed by atoms with E-state index in [1.165, 1.54) is 13.2 Å². The molecule has 1 amide bonds. The van der Waals surface area contributed by atoms with E-state index >= 15 is 0 Å². The summed E-state index contributed by atoms with van der Waals surface area (Å²) in [7, 11) is 3.25. The number of rotatable bonds is 4. The summed E-state index contributed by atoms with van der Waals surface area (Å²) >= 11 is 0. The quantitative estimate of drug-likeness (QED) is 0.794. The van der Waals surface area contributed by atoms with Crippen LogP contribution in [0.1, 0.15) is 15.9 Å². The molecule has 0 radical (unpaired) electrons. The Balaban J connectivity index is 1.86. The van der Waals surface area contributed by atoms with Gasteiger partial charge in [-0.15, -0.1) is 0 Å². The number of fused-ring (bicyclic) bond motifs is 1. The van der Waals surface area contributed by atoms with Crippen molar-refractivity contribution in [3.05, 3.63) is 71.8 Å². The Kier molecular flexibility index (Phi) is 4.38. The number of aromatic hydroxyl groups is 1. The van der Waals surface area contributed by atoms with Crippen molar-refractivity contribution in [1.29, 1.82) is 0 Å². The molecule has 0 aliphatic carbocycles. The molecule has 4 nitrogen and oxygen atoms in total. The molecule has 3 aromatic rings. The van der Waals surface area contributed by atoms with Gasteiger partial charge in [-0.1, -0.05) is 42.5 Å². The molecule has 0 aliphatic heterocycles. The topological polar surface area (TPSA) is 49.8 Å². The molecular formula is C20H19NO3. The molecule has 0 saturated carbocycles. The third-order valence-electron chi connectivity index (χ3n) is 4.07. The number of methoxy groups -OCH3 is 1. The first-order valence-electron chi connectivity index (χ1n) is 7.69. The SMILES string of the molecule is COc1ccc(C(=O)N(C)Cc2cccc3ccccc23)c(O)c1. The molecule has 1 N–H and O–H groups in total. The Bertz CT molecular complexity index is 884. The van der Waals surface area contributed by atoms with Gasteiger partial charge in [0.05, 0.1) is 12.7 Å². The van der Waals surface area contributed by atoms with Gasteiger partial charge in [-0.25, -0.2) is 0 Å². The van der Waals surface area contributed by atoms with Crippen molar-refractivity contribution in [2.45, 2.75) is 6.54 Å². The first-order chi connectivity index (χ1) is 11.6. The van der Waals surface area contributed by atoms with Crippen LogP contribution in [0, 0.1) is 0 Å². The van der Waals surface area contributed by atoms with E-state index in [0.29, 0.717) is 12.3 Å². The zero-order chi connectivity index (χ0) is 17.1. The molecule has 0 fully saturated rings. The number of carbonyl (C=O) groups is 1. The predicted molar refractivity (Wildman–Crippen MR) is 94.4 cm³/mol. The van der Waals surface area contributed by atoms with Gasteiger partial charge in [0.1, 0.15) is 11.5 Å². The van der Waals surface area contributed by atoms with Crippen molar-refractivity contribution in [1.82, 2.24) is 4.90 Å². The summed E-state index contributed by atoms with van der Waals surface area (Å²) in [4.78, 5) is 14.2. The van der Waals surface area contributed by atoms with Gasteiger partial charge in [-0.3, -0.25) is 4.79 Å². The summed E-state index contributed by atoms with van der Waals surface area (Å²) in [5.74, 6) is 0.202. The van der Waals surface area contributed by atoms with Gasteiger partial charge in [-0.2, -0.15) is 0 Å². The van der Waals surface area contributed by atoms with Gasteiger partial charge in [0, 0.05) is 19.7 Å². The minimum absolute atomic E-state index is 0.0795. The monoisotopic (exact) mass is 321 g/mol. The Morgan fingerprint density at radius 1 is 1.08 bits per heavy atom. The van der Waals surface area contributed by atoms with Crippen molar-refractivity contribution in [2.75, 3.05) is 14.2 Å². The number of hydrogen-bond acceptors (Lipinski definition) is 3. The van der Waals surface area contributed by atoms with Crippen LogP contribution in [0.2, 0.25) is 0 Å². The molecule has 24 heavy (non-hydrogen) atoms. The summed E-state index contributed by atoms with van der Waals surface area (Å²) in [5, 5.41) is 12.3. The van der Waals surface area contributed by atoms with Crippen LogP contribution in [-0.4, -0.2) is 30.1 Å². The Labute approximate surface area is 140 Å². The largest absolute Gasteiger partial charge is 0.507 e. The number of nitrogens with zero attached hydrogens (tertiary/aromatic N) is 1. The van der Waals surface area contributed by atoms with E-state index in [9.17, 15) is 9.90 Å². The van der Waals surface area contributed by atoms with Crippen molar-refractivity contribution >= 4 is 16.7 Å². The van der Waals surface area contributed by atoms with Crippen LogP contribution >= 0.6 is 0 Å². The molecule has 0 saturated heterocycles. The summed E-state index contributed by atoms with van der Waals surface area (Å²) in [5.41, 5.74) is 1.33. The van der Waals surface area contributed by atoms with Crippen molar-refractivity contribution in [3.8, 4) is 11.5 Å². The van der Waals surface area contributed by atoms with Crippen LogP contribution in [0.5, 0.6) is 11.5 Å². The van der Waals surface area contributed by atoms with E-state index < -0.39 is 0 Å². The molecule has 3 rings (SSSR count). The second-order valence-corrected chi connectivity index (χ2v) is 5.68. The van der Waals surface area contributed by atoms with Gasteiger partial charge in [0.15, 0.2) is 0 Å². The van der Waals surface area contributed by atoms with Crippen LogP contribution in [0.4, 0.5) is 0 Å². The van der Waals surface area contributed by atoms with E-state index in [1.807, 2.05) is 30.3 Å². The second kappa shape index (κ2) is 6.62. The maximum Gasteiger partial charge on any atom is 0.257 e. The van der Waals surface area contributed by atoms with Crippen LogP contribution < -0.4 is 4.74 Å². The van der Waals surface area contributed by atoms with Gasteiger partial charge in [0.2, 0.25) is 0 Å². The normalized spacial score (nSPS) is 10.6. The lowest BCUT2D eigenvalue weighted by Crippen LogP contribution is -2.26. The second-order valence-electron chi connectivity index (χ2n) is 5.68. The fraction of sp³-hybridized carbons (Fsp3) is 0.150. The molecule has 122 valence electrons. The van der Waals surface area contributed by atoms with E-state index in [-0.39, 0.29) is 17.2 Å². The van der Waals surface area contributed by atoms with Crippen LogP contribution in [0.15, 0.2) is 60.7 Å². The maximum atomic E-state index is 12.6. The van der Waals surface area contributed by atoms with Crippen molar-refractivity contribution < 1.29 is 14.6 Å². The molecule has 0 heterocycles. The third-order valence-corrected chi connectivity index (χ3v) is 4.07. The molecule has 4 heteroatoms. The van der Waals surface area contributed by atoms with Crippen molar-refractivity contribution in [3.63, 3.8) is 0 Å². The number of amides is 1. The van der Waals surface area contributed by atoms with Gasteiger partial charge >= 0.3 is 0 Å². The molecular weight excluding hydrogens is 302 g/mol. The highest BCUT2D eigenvalue weighted by Crippen LogP contribution is 2.25. The fourth-order valence-electron chi connectivity index (χ4n) is 2.78. The van der Waals surface area contributed by atoms with E-state index in [2.05, 4.69) is 12.1 Å². The minimum Gasteiger partial charge on any atom is -0.507 e. The van der Waals surface area contributed by atoms with Crippen LogP contribution in [0.25, 0.3) is 10.8 Å². The molecule has 0 unspecified atom stereocenters. The Morgan fingerprint density at radius 2 is 1.83 bits per heavy atom. The number of ether oxygens (including phenoxy) is 1. The van der Waals surface area contributed by atoms with E-state index in [4.69, 9.17) is 4.74 Å². The van der Waals surface area contributed by atoms with E-state index in [1.54, 1.807) is 24.1 Å². The summed E-state index contributed by atoms with van der Waals surface area (Å²) in [6, 6.07) is 18.8. The average Bonchev–Trinajstić information content (AvgIpc) is 2.61. The Hall–Kier alpha value is -3.01. The number of benzene rings is 3. The highest BCUT2D eigenvalue weighted by molar-refractivity contribution is 5.97. The molecule has 0 atom stereocenters. The first-order valence-corrected chi connectivity index (χ1v) is 7.69. The van der Waals surface area contributed by atoms with Crippen LogP contribution in [-0.2, 0) is 6.54 Å². The predicted octanol–water partition coefficient (Wildman–Crippen LogP) is 3.83. The Morgan fingerprint density at radius 3 is 2.58 bits per heavy atom. The lowest BCUT2D eigenvalue weighted by Gasteiger charge is -2.19. The lowest BCUT2D eigenvalue weighted by atomic mass is 10.0. The average molecular weight is 321 g/mol. The first kappa shape index (κ1) is 15.9. The maximum absolute atomic E-state index is 12.6. The van der Waals surface area contributed by atoms with Gasteiger partial charge in [0.25, 0.3) is 5.91 Å². The van der Waals surface area contributed by atoms with Crippen molar-refractivity contribution in [2.24, 2.45) is 0 Å². The summed E-state index contributed by atoms with van der Waals surface area (Å²) in [6.07, 6.45) is 0. The van der Waals surface area contributed by atoms with Gasteiger partial charge < -0.3 is 14.7 Å². The molecule has 3 aromatic carbocycles. The molecule has 0 spiro atoms. The zero-order valence-electron chi connectivity index (χ0n) is 13.7. The number of phenolic OH excluding ortho intramolecular Hbond substituents is 1. The molecule has 0 bridgehead atoms. The standard InChI is InChI=1S/C20H19NO3/c1-21(20(23)18-11-10-16(24-2)12-19(18)22)13-15-8-5-7-14-6-3-4-9-17(14)15/h3-12,22H,13H2,1-2H3. The highest BCUT2D eigenvalue weighted by atomic mass is 16.5. The minimum atomic E-state index is -0.233. The summed E-state index contributed by atoms with van der Waals surface area (Å²) < 4.78 is 5.05. The fourth-order valence-corrected chi connectivity index (χ4v) is 2.78. The highest BCUT2D eigenvalue weighted by Gasteiger charge is 2.17. The number of hydrogen-bond donors (Lipinski definition) is 1. The molecule has 0 aliphatic rings. The number of phenols is 1. The van der Waals surface area contributed by atoms with E-state index in [0.717, 1.165) is 16.3 Å². The zero-order valence-corrected chi connectivity index (χ0v) is 13.7. The van der Waals surface area contributed by atoms with Crippen LogP contribution in [0.3, 0.4) is 0 Å². The number of carbonyl (C=O) groups excluding carboxylic acids is 1. The molecule has 0 aromatic heterocycles. The third kappa shape index (κ3) is 3.04. The summed E-state index contributed by atoms with van der Waals surface area (Å²) in [6.45, 7) is 0.464.